The van der Waals surface area contributed by atoms with Gasteiger partial charge in [0.25, 0.3) is 0 Å². The summed E-state index contributed by atoms with van der Waals surface area (Å²) in [6.07, 6.45) is 7.94. The van der Waals surface area contributed by atoms with E-state index in [0.29, 0.717) is 13.1 Å². The molecule has 3 rings (SSSR count). The van der Waals surface area contributed by atoms with Gasteiger partial charge < -0.3 is 29.5 Å². The van der Waals surface area contributed by atoms with Crippen molar-refractivity contribution in [3.63, 3.8) is 0 Å². The van der Waals surface area contributed by atoms with Crippen LogP contribution < -0.4 is 0 Å². The highest BCUT2D eigenvalue weighted by atomic mass is 16.6. The lowest BCUT2D eigenvalue weighted by molar-refractivity contribution is -0.151. The Kier molecular flexibility index (Phi) is 11.4. The van der Waals surface area contributed by atoms with Gasteiger partial charge in [0.1, 0.15) is 11.7 Å². The molecule has 0 bridgehead atoms. The zero-order chi connectivity index (χ0) is 29.3. The third kappa shape index (κ3) is 9.25. The summed E-state index contributed by atoms with van der Waals surface area (Å²) in [5.74, 6) is -0.772. The van der Waals surface area contributed by atoms with Crippen molar-refractivity contribution in [1.82, 2.24) is 20.0 Å². The van der Waals surface area contributed by atoms with E-state index in [2.05, 4.69) is 15.1 Å². The molecule has 1 aromatic heterocycles. The third-order valence-electron chi connectivity index (χ3n) is 7.58. The van der Waals surface area contributed by atoms with Gasteiger partial charge in [-0.25, -0.2) is 4.79 Å². The minimum absolute atomic E-state index is 0.0436. The van der Waals surface area contributed by atoms with Crippen molar-refractivity contribution in [1.29, 1.82) is 0 Å². The number of cyclic esters (lactones) is 1. The Morgan fingerprint density at radius 3 is 2.67 bits per heavy atom. The number of carbonyl (C=O) groups excluding carboxylic acids is 2. The van der Waals surface area contributed by atoms with E-state index in [-0.39, 0.29) is 31.1 Å². The van der Waals surface area contributed by atoms with Crippen molar-refractivity contribution in [2.75, 3.05) is 33.2 Å². The van der Waals surface area contributed by atoms with Gasteiger partial charge in [-0.3, -0.25) is 4.79 Å². The van der Waals surface area contributed by atoms with Gasteiger partial charge in [0.2, 0.25) is 0 Å². The van der Waals surface area contributed by atoms with Gasteiger partial charge in [-0.2, -0.15) is 10.2 Å². The monoisotopic (exact) mass is 556 g/mol. The number of esters is 1. The van der Waals surface area contributed by atoms with Gasteiger partial charge in [0.15, 0.2) is 6.10 Å². The Labute approximate surface area is 237 Å². The number of hydrogen-bond donors (Lipinski definition) is 2. The molecule has 10 heteroatoms. The van der Waals surface area contributed by atoms with Crippen LogP contribution in [-0.4, -0.2) is 99.4 Å². The molecule has 1 aromatic rings. The molecule has 0 aliphatic carbocycles. The summed E-state index contributed by atoms with van der Waals surface area (Å²) in [7, 11) is 2.00. The lowest BCUT2D eigenvalue weighted by Gasteiger charge is -2.36. The number of carbonyl (C=O) groups is 2. The number of aromatic nitrogens is 2. The zero-order valence-electron chi connectivity index (χ0n) is 24.3. The molecule has 10 nitrogen and oxygen atoms in total. The summed E-state index contributed by atoms with van der Waals surface area (Å²) in [5, 5.41) is 29.9. The van der Waals surface area contributed by atoms with Crippen molar-refractivity contribution in [3.05, 3.63) is 60.0 Å². The molecule has 2 aliphatic heterocycles. The first-order chi connectivity index (χ1) is 19.0. The Hall–Kier alpha value is -3.08. The van der Waals surface area contributed by atoms with E-state index in [1.165, 1.54) is 0 Å². The number of ether oxygens (including phenoxy) is 2. The van der Waals surface area contributed by atoms with Crippen LogP contribution in [0.25, 0.3) is 0 Å². The molecule has 40 heavy (non-hydrogen) atoms. The second-order valence-electron chi connectivity index (χ2n) is 11.2. The van der Waals surface area contributed by atoms with Gasteiger partial charge >= 0.3 is 12.1 Å². The van der Waals surface area contributed by atoms with Crippen LogP contribution in [0.1, 0.15) is 58.6 Å². The molecule has 2 aliphatic rings. The maximum atomic E-state index is 13.0. The van der Waals surface area contributed by atoms with E-state index in [0.717, 1.165) is 24.4 Å². The Morgan fingerprint density at radius 1 is 1.27 bits per heavy atom. The lowest BCUT2D eigenvalue weighted by Crippen LogP contribution is -2.50. The van der Waals surface area contributed by atoms with Crippen LogP contribution in [0.4, 0.5) is 4.79 Å². The van der Waals surface area contributed by atoms with Crippen LogP contribution >= 0.6 is 0 Å². The van der Waals surface area contributed by atoms with Crippen molar-refractivity contribution in [3.8, 4) is 0 Å². The maximum Gasteiger partial charge on any atom is 0.410 e. The number of amides is 1. The number of hydrogen-bond acceptors (Lipinski definition) is 9. The molecule has 0 radical (unpaired) electrons. The second-order valence-corrected chi connectivity index (χ2v) is 11.2. The number of nitrogens with zero attached hydrogens (tertiary/aromatic N) is 4. The number of piperazine rings is 1. The predicted octanol–water partition coefficient (Wildman–Crippen LogP) is 3.24. The van der Waals surface area contributed by atoms with E-state index < -0.39 is 36.0 Å². The normalized spacial score (nSPS) is 31.1. The highest BCUT2D eigenvalue weighted by Crippen LogP contribution is 2.27. The molecule has 0 spiro atoms. The Bertz CT molecular complexity index is 1070. The molecule has 1 fully saturated rings. The number of allylic oxidation sites excluding steroid dienone is 3. The van der Waals surface area contributed by atoms with Crippen molar-refractivity contribution >= 4 is 12.1 Å². The topological polar surface area (TPSA) is 125 Å². The standard InChI is InChI=1S/C30H44N4O6/c1-21(25-10-7-15-31-32-25)8-6-9-22(2)28-23(3)11-12-26(39-29(37)34-18-16-33(5)17-19-34)30(4,38)14-13-24(35)20-27(36)40-28/h6-12,15,21,23-24,26,28,35,38H,13-14,16-20H2,1-5H3/b8-6+,12-11+,22-9+/t21?,23-,24-,26-,28+,30-/m0/s1. The summed E-state index contributed by atoms with van der Waals surface area (Å²) in [6, 6.07) is 3.75. The van der Waals surface area contributed by atoms with Crippen molar-refractivity contribution in [2.45, 2.75) is 76.8 Å². The van der Waals surface area contributed by atoms with Crippen molar-refractivity contribution in [2.24, 2.45) is 5.92 Å². The van der Waals surface area contributed by atoms with Gasteiger partial charge in [-0.05, 0) is 57.5 Å². The Balaban J connectivity index is 1.81. The van der Waals surface area contributed by atoms with Gasteiger partial charge in [0, 0.05) is 44.2 Å². The molecular weight excluding hydrogens is 512 g/mol. The van der Waals surface area contributed by atoms with Crippen LogP contribution in [0.15, 0.2) is 54.3 Å². The number of aliphatic hydroxyl groups is 2. The lowest BCUT2D eigenvalue weighted by atomic mass is 9.88. The minimum Gasteiger partial charge on any atom is -0.457 e. The molecule has 1 amide bonds. The van der Waals surface area contributed by atoms with Crippen LogP contribution in [0, 0.1) is 5.92 Å². The summed E-state index contributed by atoms with van der Waals surface area (Å²) in [4.78, 5) is 29.5. The first kappa shape index (κ1) is 31.4. The van der Waals surface area contributed by atoms with Crippen LogP contribution in [-0.2, 0) is 14.3 Å². The maximum absolute atomic E-state index is 13.0. The number of likely N-dealkylation sites (N-methyl/N-ethyl adjacent to an activating group) is 1. The van der Waals surface area contributed by atoms with Gasteiger partial charge in [-0.15, -0.1) is 0 Å². The van der Waals surface area contributed by atoms with E-state index in [1.807, 2.05) is 64.3 Å². The van der Waals surface area contributed by atoms with E-state index in [4.69, 9.17) is 9.47 Å². The molecule has 6 atom stereocenters. The average Bonchev–Trinajstić information content (AvgIpc) is 2.92. The van der Waals surface area contributed by atoms with Gasteiger partial charge in [0.05, 0.1) is 18.2 Å². The molecule has 3 heterocycles. The smallest absolute Gasteiger partial charge is 0.410 e. The molecule has 2 N–H and O–H groups in total. The average molecular weight is 557 g/mol. The molecule has 0 saturated carbocycles. The van der Waals surface area contributed by atoms with Gasteiger partial charge in [-0.1, -0.05) is 38.2 Å². The summed E-state index contributed by atoms with van der Waals surface area (Å²) in [5.41, 5.74) is 0.205. The Morgan fingerprint density at radius 2 is 2.00 bits per heavy atom. The van der Waals surface area contributed by atoms with Crippen molar-refractivity contribution < 1.29 is 29.3 Å². The highest BCUT2D eigenvalue weighted by Gasteiger charge is 2.36. The summed E-state index contributed by atoms with van der Waals surface area (Å²) in [6.45, 7) is 9.98. The fourth-order valence-corrected chi connectivity index (χ4v) is 4.75. The summed E-state index contributed by atoms with van der Waals surface area (Å²) >= 11 is 0. The predicted molar refractivity (Wildman–Crippen MR) is 151 cm³/mol. The minimum atomic E-state index is -1.44. The molecule has 220 valence electrons. The molecule has 1 unspecified atom stereocenters. The second kappa shape index (κ2) is 14.5. The van der Waals surface area contributed by atoms with E-state index in [1.54, 1.807) is 24.1 Å². The van der Waals surface area contributed by atoms with E-state index >= 15 is 0 Å². The first-order valence-electron chi connectivity index (χ1n) is 14.0. The zero-order valence-corrected chi connectivity index (χ0v) is 24.3. The molecular formula is C30H44N4O6. The summed E-state index contributed by atoms with van der Waals surface area (Å²) < 4.78 is 11.7. The first-order valence-corrected chi connectivity index (χ1v) is 14.0. The fourth-order valence-electron chi connectivity index (χ4n) is 4.75. The van der Waals surface area contributed by atoms with E-state index in [9.17, 15) is 19.8 Å². The SMILES string of the molecule is C/C(=C\C=C\C(C)c1cccnn1)[C@H]1OC(=O)C[C@@H](O)CC[C@](C)(O)[C@@H](OC(=O)N2CCN(C)CC2)/C=C/[C@@H]1C. The fraction of sp³-hybridized carbons (Fsp3) is 0.600. The highest BCUT2D eigenvalue weighted by molar-refractivity contribution is 5.70. The van der Waals surface area contributed by atoms with Crippen LogP contribution in [0.5, 0.6) is 0 Å². The molecule has 1 saturated heterocycles. The largest absolute Gasteiger partial charge is 0.457 e. The molecule has 0 aromatic carbocycles. The third-order valence-corrected chi connectivity index (χ3v) is 7.58. The van der Waals surface area contributed by atoms with Crippen LogP contribution in [0.2, 0.25) is 0 Å². The number of rotatable bonds is 5. The van der Waals surface area contributed by atoms with Crippen LogP contribution in [0.3, 0.4) is 0 Å². The number of aliphatic hydroxyl groups excluding tert-OH is 1. The quantitative estimate of drug-likeness (QED) is 0.319.